The van der Waals surface area contributed by atoms with Crippen LogP contribution >= 0.6 is 24.8 Å². The summed E-state index contributed by atoms with van der Waals surface area (Å²) in [5, 5.41) is 0. The first-order valence-corrected chi connectivity index (χ1v) is 7.55. The van der Waals surface area contributed by atoms with Gasteiger partial charge in [0.1, 0.15) is 11.5 Å². The molecule has 0 saturated carbocycles. The molecule has 0 radical (unpaired) electrons. The molecule has 0 aliphatic carbocycles. The van der Waals surface area contributed by atoms with E-state index in [1.165, 1.54) is 0 Å². The molecule has 1 amide bonds. The molecule has 138 valence electrons. The van der Waals surface area contributed by atoms with Gasteiger partial charge in [-0.1, -0.05) is 13.8 Å². The van der Waals surface area contributed by atoms with Crippen molar-refractivity contribution in [2.45, 2.75) is 13.8 Å². The second-order valence-electron chi connectivity index (χ2n) is 6.34. The van der Waals surface area contributed by atoms with Crippen LogP contribution in [0.4, 0.5) is 0 Å². The number of benzene rings is 1. The number of halogens is 2. The molecule has 1 aromatic carbocycles. The van der Waals surface area contributed by atoms with Crippen LogP contribution in [0.3, 0.4) is 0 Å². The van der Waals surface area contributed by atoms with Crippen LogP contribution in [-0.4, -0.2) is 35.9 Å². The summed E-state index contributed by atoms with van der Waals surface area (Å²) in [7, 11) is 1.79. The monoisotopic (exact) mass is 385 g/mol. The zero-order valence-corrected chi connectivity index (χ0v) is 16.3. The molecule has 2 N–H and O–H groups in total. The highest BCUT2D eigenvalue weighted by atomic mass is 35.5. The lowest BCUT2D eigenvalue weighted by molar-refractivity contribution is 0.0740. The number of hydrogen-bond donors (Lipinski definition) is 1. The Balaban J connectivity index is 0.00000288. The average Bonchev–Trinajstić information content (AvgIpc) is 2.55. The second kappa shape index (κ2) is 10.2. The van der Waals surface area contributed by atoms with E-state index in [1.54, 1.807) is 54.7 Å². The number of hydrogen-bond acceptors (Lipinski definition) is 4. The number of amides is 1. The van der Waals surface area contributed by atoms with Gasteiger partial charge in [0.05, 0.1) is 6.20 Å². The predicted octanol–water partition coefficient (Wildman–Crippen LogP) is 3.77. The van der Waals surface area contributed by atoms with E-state index in [2.05, 4.69) is 4.98 Å². The van der Waals surface area contributed by atoms with Crippen molar-refractivity contribution >= 4 is 30.7 Å². The molecule has 0 aliphatic rings. The summed E-state index contributed by atoms with van der Waals surface area (Å²) in [4.78, 5) is 18.1. The Kier molecular flexibility index (Phi) is 9.49. The minimum absolute atomic E-state index is 0. The maximum absolute atomic E-state index is 12.4. The number of nitrogens with zero attached hydrogens (tertiary/aromatic N) is 2. The lowest BCUT2D eigenvalue weighted by Crippen LogP contribution is -2.39. The van der Waals surface area contributed by atoms with Crippen LogP contribution in [0.25, 0.3) is 0 Å². The average molecular weight is 386 g/mol. The molecular formula is C18H25Cl2N3O2. The van der Waals surface area contributed by atoms with E-state index < -0.39 is 0 Å². The molecule has 0 bridgehead atoms. The molecule has 2 aromatic rings. The third-order valence-electron chi connectivity index (χ3n) is 3.54. The molecule has 0 spiro atoms. The number of ether oxygens (including phenoxy) is 1. The fourth-order valence-corrected chi connectivity index (χ4v) is 2.21. The fourth-order valence-electron chi connectivity index (χ4n) is 2.21. The van der Waals surface area contributed by atoms with Crippen LogP contribution in [-0.2, 0) is 0 Å². The highest BCUT2D eigenvalue weighted by Gasteiger charge is 2.21. The highest BCUT2D eigenvalue weighted by Crippen LogP contribution is 2.21. The van der Waals surface area contributed by atoms with Gasteiger partial charge >= 0.3 is 0 Å². The minimum Gasteiger partial charge on any atom is -0.456 e. The van der Waals surface area contributed by atoms with Gasteiger partial charge in [-0.2, -0.15) is 0 Å². The number of carbonyl (C=O) groups excluding carboxylic acids is 1. The van der Waals surface area contributed by atoms with Gasteiger partial charge in [-0.15, -0.1) is 24.8 Å². The summed E-state index contributed by atoms with van der Waals surface area (Å²) in [6, 6.07) is 10.7. The summed E-state index contributed by atoms with van der Waals surface area (Å²) in [5.74, 6) is 1.30. The van der Waals surface area contributed by atoms with Crippen LogP contribution in [0.5, 0.6) is 11.5 Å². The van der Waals surface area contributed by atoms with Crippen molar-refractivity contribution in [2.24, 2.45) is 11.1 Å². The van der Waals surface area contributed by atoms with Crippen LogP contribution in [0.2, 0.25) is 0 Å². The van der Waals surface area contributed by atoms with Crippen molar-refractivity contribution in [1.29, 1.82) is 0 Å². The fraction of sp³-hybridized carbons (Fsp3) is 0.333. The largest absolute Gasteiger partial charge is 0.456 e. The first kappa shape index (κ1) is 23.2. The van der Waals surface area contributed by atoms with E-state index in [9.17, 15) is 4.79 Å². The SMILES string of the molecule is CN(CC(C)(C)CN)C(=O)c1ccc(Oc2cccnc2)cc1.Cl.Cl. The quantitative estimate of drug-likeness (QED) is 0.821. The summed E-state index contributed by atoms with van der Waals surface area (Å²) in [5.41, 5.74) is 6.25. The van der Waals surface area contributed by atoms with E-state index >= 15 is 0 Å². The van der Waals surface area contributed by atoms with Gasteiger partial charge in [-0.25, -0.2) is 0 Å². The lowest BCUT2D eigenvalue weighted by atomic mass is 9.93. The van der Waals surface area contributed by atoms with Crippen LogP contribution in [0, 0.1) is 5.41 Å². The number of pyridine rings is 1. The molecule has 0 unspecified atom stereocenters. The predicted molar refractivity (Wildman–Crippen MR) is 105 cm³/mol. The number of aromatic nitrogens is 1. The third-order valence-corrected chi connectivity index (χ3v) is 3.54. The number of carbonyl (C=O) groups is 1. The van der Waals surface area contributed by atoms with E-state index in [1.807, 2.05) is 19.9 Å². The maximum Gasteiger partial charge on any atom is 0.253 e. The van der Waals surface area contributed by atoms with Crippen molar-refractivity contribution in [3.63, 3.8) is 0 Å². The molecule has 7 heteroatoms. The summed E-state index contributed by atoms with van der Waals surface area (Å²) in [6.45, 7) is 5.22. The van der Waals surface area contributed by atoms with Crippen molar-refractivity contribution < 1.29 is 9.53 Å². The summed E-state index contributed by atoms with van der Waals surface area (Å²) >= 11 is 0. The first-order chi connectivity index (χ1) is 10.9. The smallest absolute Gasteiger partial charge is 0.253 e. The number of rotatable bonds is 6. The van der Waals surface area contributed by atoms with E-state index in [0.717, 1.165) is 0 Å². The zero-order valence-electron chi connectivity index (χ0n) is 14.6. The normalized spacial score (nSPS) is 10.2. The van der Waals surface area contributed by atoms with Gasteiger partial charge in [0, 0.05) is 25.4 Å². The highest BCUT2D eigenvalue weighted by molar-refractivity contribution is 5.94. The molecular weight excluding hydrogens is 361 g/mol. The summed E-state index contributed by atoms with van der Waals surface area (Å²) < 4.78 is 5.67. The van der Waals surface area contributed by atoms with Crippen molar-refractivity contribution in [1.82, 2.24) is 9.88 Å². The van der Waals surface area contributed by atoms with Crippen molar-refractivity contribution in [3.05, 3.63) is 54.4 Å². The van der Waals surface area contributed by atoms with Gasteiger partial charge in [0.15, 0.2) is 0 Å². The Labute approximate surface area is 161 Å². The summed E-state index contributed by atoms with van der Waals surface area (Å²) in [6.07, 6.45) is 3.33. The molecule has 0 saturated heterocycles. The third kappa shape index (κ3) is 6.90. The molecule has 1 aromatic heterocycles. The Hall–Kier alpha value is -1.82. The lowest BCUT2D eigenvalue weighted by Gasteiger charge is -2.29. The van der Waals surface area contributed by atoms with Crippen molar-refractivity contribution in [2.75, 3.05) is 20.1 Å². The Morgan fingerprint density at radius 3 is 2.32 bits per heavy atom. The molecule has 5 nitrogen and oxygen atoms in total. The Bertz CT molecular complexity index is 649. The molecule has 0 fully saturated rings. The van der Waals surface area contributed by atoms with Crippen LogP contribution in [0.15, 0.2) is 48.8 Å². The zero-order chi connectivity index (χ0) is 16.9. The van der Waals surface area contributed by atoms with Gasteiger partial charge in [0.2, 0.25) is 0 Å². The van der Waals surface area contributed by atoms with Gasteiger partial charge in [-0.3, -0.25) is 9.78 Å². The Morgan fingerprint density at radius 1 is 1.16 bits per heavy atom. The first-order valence-electron chi connectivity index (χ1n) is 7.55. The molecule has 1 heterocycles. The van der Waals surface area contributed by atoms with Gasteiger partial charge < -0.3 is 15.4 Å². The molecule has 25 heavy (non-hydrogen) atoms. The Morgan fingerprint density at radius 2 is 1.80 bits per heavy atom. The maximum atomic E-state index is 12.4. The topological polar surface area (TPSA) is 68.5 Å². The molecule has 0 atom stereocenters. The van der Waals surface area contributed by atoms with E-state index in [4.69, 9.17) is 10.5 Å². The molecule has 0 aliphatic heterocycles. The van der Waals surface area contributed by atoms with Gasteiger partial charge in [-0.05, 0) is 48.4 Å². The minimum atomic E-state index is -0.103. The van der Waals surface area contributed by atoms with E-state index in [0.29, 0.717) is 30.2 Å². The van der Waals surface area contributed by atoms with Crippen LogP contribution < -0.4 is 10.5 Å². The standard InChI is InChI=1S/C18H23N3O2.2ClH/c1-18(2,12-19)13-21(3)17(22)14-6-8-15(9-7-14)23-16-5-4-10-20-11-16;;/h4-11H,12-13,19H2,1-3H3;2*1H. The van der Waals surface area contributed by atoms with Crippen LogP contribution in [0.1, 0.15) is 24.2 Å². The number of nitrogens with two attached hydrogens (primary N) is 1. The second-order valence-corrected chi connectivity index (χ2v) is 6.34. The molecule has 2 rings (SSSR count). The van der Waals surface area contributed by atoms with Crippen molar-refractivity contribution in [3.8, 4) is 11.5 Å². The van der Waals surface area contributed by atoms with Gasteiger partial charge in [0.25, 0.3) is 5.91 Å². The van der Waals surface area contributed by atoms with E-state index in [-0.39, 0.29) is 36.1 Å².